The van der Waals surface area contributed by atoms with Crippen molar-refractivity contribution in [2.24, 2.45) is 41.2 Å². The van der Waals surface area contributed by atoms with Crippen LogP contribution in [0, 0.1) is 35.5 Å². The lowest BCUT2D eigenvalue weighted by molar-refractivity contribution is -0.148. The number of methoxy groups -OCH3 is 2. The predicted octanol–water partition coefficient (Wildman–Crippen LogP) is 4.71. The van der Waals surface area contributed by atoms with Crippen LogP contribution >= 0.6 is 12.6 Å². The Bertz CT molecular complexity index is 3380. The van der Waals surface area contributed by atoms with E-state index in [1.807, 2.05) is 74.4 Å². The second-order valence-electron chi connectivity index (χ2n) is 29.9. The first-order chi connectivity index (χ1) is 51.5. The second kappa shape index (κ2) is 46.5. The molecule has 0 spiro atoms. The summed E-state index contributed by atoms with van der Waals surface area (Å²) in [6, 6.07) is 7.39. The molecular formula is C77H126N12O18S2. The zero-order valence-electron chi connectivity index (χ0n) is 67.0. The largest absolute Gasteiger partial charge is 0.379 e. The van der Waals surface area contributed by atoms with Gasteiger partial charge in [0, 0.05) is 64.1 Å². The lowest BCUT2D eigenvalue weighted by Gasteiger charge is -2.41. The molecule has 2 aliphatic heterocycles. The number of anilines is 1. The first-order valence-corrected chi connectivity index (χ1v) is 40.4. The maximum Gasteiger partial charge on any atom is 0.312 e. The van der Waals surface area contributed by atoms with Crippen molar-refractivity contribution in [3.8, 4) is 0 Å². The summed E-state index contributed by atoms with van der Waals surface area (Å²) >= 11 is 4.80. The summed E-state index contributed by atoms with van der Waals surface area (Å²) in [4.78, 5) is 156. The maximum absolute atomic E-state index is 14.7. The van der Waals surface area contributed by atoms with Crippen molar-refractivity contribution >= 4 is 93.4 Å². The van der Waals surface area contributed by atoms with Crippen LogP contribution in [0.4, 0.5) is 10.5 Å². The zero-order valence-corrected chi connectivity index (χ0v) is 68.7. The van der Waals surface area contributed by atoms with Gasteiger partial charge in [0.1, 0.15) is 24.2 Å². The monoisotopic (exact) mass is 1570 g/mol. The topological polar surface area (TPSA) is 391 Å². The third kappa shape index (κ3) is 29.4. The van der Waals surface area contributed by atoms with Crippen LogP contribution in [-0.4, -0.2) is 247 Å². The number of urea groups is 1. The molecule has 2 heterocycles. The number of primary amides is 1. The fraction of sp³-hybridized carbons (Fsp3) is 0.701. The summed E-state index contributed by atoms with van der Waals surface area (Å²) < 4.78 is 58.3. The Morgan fingerprint density at radius 1 is 0.706 bits per heavy atom. The number of nitrogens with zero attached hydrogens (tertiary/aromatic N) is 4. The summed E-state index contributed by atoms with van der Waals surface area (Å²) in [6.07, 6.45) is 2.32. The van der Waals surface area contributed by atoms with Gasteiger partial charge in [-0.25, -0.2) is 13.2 Å². The van der Waals surface area contributed by atoms with Crippen LogP contribution in [0.2, 0.25) is 0 Å². The average molecular weight is 1570 g/mol. The molecule has 13 atom stereocenters. The van der Waals surface area contributed by atoms with Crippen molar-refractivity contribution in [3.63, 3.8) is 0 Å². The summed E-state index contributed by atoms with van der Waals surface area (Å²) in [6.45, 7) is 22.1. The van der Waals surface area contributed by atoms with Crippen molar-refractivity contribution in [2.75, 3.05) is 100.0 Å². The number of benzene rings is 2. The van der Waals surface area contributed by atoms with E-state index in [1.54, 1.807) is 68.0 Å². The third-order valence-electron chi connectivity index (χ3n) is 20.4. The Balaban J connectivity index is 1.36. The van der Waals surface area contributed by atoms with E-state index in [-0.39, 0.29) is 150 Å². The molecule has 2 aromatic rings. The molecule has 0 aliphatic carbocycles. The predicted molar refractivity (Wildman–Crippen MR) is 417 cm³/mol. The minimum Gasteiger partial charge on any atom is -0.379 e. The Kier molecular flexibility index (Phi) is 40.1. The van der Waals surface area contributed by atoms with E-state index in [0.29, 0.717) is 37.8 Å². The number of imide groups is 1. The Morgan fingerprint density at radius 2 is 1.32 bits per heavy atom. The van der Waals surface area contributed by atoms with E-state index in [2.05, 4.69) is 36.6 Å². The van der Waals surface area contributed by atoms with E-state index >= 15 is 0 Å². The summed E-state index contributed by atoms with van der Waals surface area (Å²) in [5.41, 5.74) is 6.30. The molecule has 0 radical (unpaired) electrons. The van der Waals surface area contributed by atoms with Gasteiger partial charge in [0.25, 0.3) is 5.91 Å². The standard InChI is InChI=1S/C77H126N12O18S2/c1-17-34-77(108,19-3)56-45-62(91)89(74(56)98)37-39-106-41-43-107-42-40-105-38-33-61(90)83-64(48(4)5)72(96)81-57(27-23-35-79-76(78)100)70(94)80-55-31-29-54(30-32-55)47-109(101,102)85-71(95)58(44-53-25-21-20-22-26-53)82-69(93)52(11)68(104-16)59-28-24-36-88(59)63(92)46-60(103-15)67(51(10)18-2)87(14)75(99)65(49(6)7)84-73(97)66(50(8)9)86(12)13/h20-22,25-26,29-32,48-52,56-60,64-68,108H,17-19,23-24,27-28,33-47H2,1-16H3,(H,80,94)(H,81,96)(H,82,93)(H,83,90)(H,84,97)(H,85,95)(H3,78,79,100)/t51?,52-,56?,57+,58+,59+,60-,64+,65+,66+,67+,68-,77?/m1/s1. The van der Waals surface area contributed by atoms with E-state index in [1.165, 1.54) is 43.4 Å². The van der Waals surface area contributed by atoms with Crippen LogP contribution in [0.1, 0.15) is 158 Å². The molecule has 3 unspecified atom stereocenters. The minimum atomic E-state index is -4.47. The number of carbonyl (C=O) groups excluding carboxylic acids is 11. The van der Waals surface area contributed by atoms with Crippen LogP contribution in [0.5, 0.6) is 0 Å². The molecule has 9 N–H and O–H groups in total. The zero-order chi connectivity index (χ0) is 81.5. The highest BCUT2D eigenvalue weighted by molar-refractivity contribution is 7.89. The normalized spacial score (nSPS) is 18.0. The number of ether oxygens (including phenoxy) is 5. The van der Waals surface area contributed by atoms with Crippen LogP contribution in [0.3, 0.4) is 0 Å². The third-order valence-corrected chi connectivity index (χ3v) is 22.5. The molecule has 4 rings (SSSR count). The summed E-state index contributed by atoms with van der Waals surface area (Å²) in [7, 11) is 3.77. The number of likely N-dealkylation sites (N-methyl/N-ethyl adjacent to an activating group) is 2. The molecule has 0 saturated carbocycles. The molecule has 0 bridgehead atoms. The van der Waals surface area contributed by atoms with Gasteiger partial charge in [-0.1, -0.05) is 131 Å². The lowest BCUT2D eigenvalue weighted by atomic mass is 9.84. The van der Waals surface area contributed by atoms with Gasteiger partial charge in [-0.3, -0.25) is 62.5 Å². The van der Waals surface area contributed by atoms with Crippen LogP contribution in [0.25, 0.3) is 0 Å². The number of rotatable bonds is 50. The number of nitrogens with two attached hydrogens (primary N) is 1. The highest BCUT2D eigenvalue weighted by atomic mass is 32.2. The van der Waals surface area contributed by atoms with Gasteiger partial charge in [0.2, 0.25) is 63.2 Å². The van der Waals surface area contributed by atoms with Gasteiger partial charge >= 0.3 is 6.03 Å². The van der Waals surface area contributed by atoms with E-state index in [4.69, 9.17) is 42.0 Å². The molecule has 2 saturated heterocycles. The van der Waals surface area contributed by atoms with Crippen molar-refractivity contribution in [2.45, 2.75) is 218 Å². The highest BCUT2D eigenvalue weighted by Crippen LogP contribution is 2.40. The Morgan fingerprint density at radius 3 is 1.88 bits per heavy atom. The van der Waals surface area contributed by atoms with Gasteiger partial charge in [0.15, 0.2) is 0 Å². The number of hydrogen-bond donors (Lipinski definition) is 9. The molecule has 109 heavy (non-hydrogen) atoms. The number of sulfonamides is 1. The van der Waals surface area contributed by atoms with Crippen LogP contribution in [0.15, 0.2) is 54.6 Å². The van der Waals surface area contributed by atoms with Gasteiger partial charge in [-0.05, 0) is 99.6 Å². The number of carbonyl (C=O) groups is 11. The highest BCUT2D eigenvalue weighted by Gasteiger charge is 2.49. The smallest absolute Gasteiger partial charge is 0.312 e. The van der Waals surface area contributed by atoms with Crippen LogP contribution in [-0.2, 0) is 93.8 Å². The van der Waals surface area contributed by atoms with E-state index < -0.39 is 128 Å². The summed E-state index contributed by atoms with van der Waals surface area (Å²) in [5.74, 6) is -7.83. The quantitative estimate of drug-likeness (QED) is 0.0246. The number of amides is 12. The molecule has 30 nitrogen and oxygen atoms in total. The molecular weight excluding hydrogens is 1450 g/mol. The molecule has 2 aliphatic rings. The van der Waals surface area contributed by atoms with Crippen molar-refractivity contribution in [3.05, 3.63) is 65.7 Å². The van der Waals surface area contributed by atoms with E-state index in [0.717, 1.165) is 12.8 Å². The van der Waals surface area contributed by atoms with Gasteiger partial charge in [0.05, 0.1) is 101 Å². The van der Waals surface area contributed by atoms with Gasteiger partial charge < -0.3 is 71.1 Å². The minimum absolute atomic E-state index is 0.00420. The van der Waals surface area contributed by atoms with Crippen molar-refractivity contribution < 1.29 is 84.8 Å². The Labute approximate surface area is 651 Å². The van der Waals surface area contributed by atoms with Gasteiger partial charge in [-0.15, -0.1) is 0 Å². The first-order valence-electron chi connectivity index (χ1n) is 38.3. The van der Waals surface area contributed by atoms with Crippen LogP contribution < -0.4 is 42.4 Å². The molecule has 2 fully saturated rings. The maximum atomic E-state index is 14.7. The molecule has 614 valence electrons. The first kappa shape index (κ1) is 94.0. The summed E-state index contributed by atoms with van der Waals surface area (Å²) in [5, 5.41) is 16.4. The van der Waals surface area contributed by atoms with Crippen molar-refractivity contribution in [1.82, 2.24) is 50.9 Å². The molecule has 0 aromatic heterocycles. The lowest BCUT2D eigenvalue weighted by Crippen LogP contribution is -2.59. The molecule has 12 amide bonds. The van der Waals surface area contributed by atoms with E-state index in [9.17, 15) is 61.2 Å². The Hall–Kier alpha value is -7.33. The number of thiol groups is 1. The number of hydrogen-bond acceptors (Lipinski definition) is 20. The fourth-order valence-corrected chi connectivity index (χ4v) is 15.8. The SMILES string of the molecule is CCCC(S)(CC)C1CC(=O)N(CCOCCOCCOCCC(=O)N[C@H](C(=O)N[C@@H](CCCNC(N)=O)C(=O)Nc2ccc(CS(=O)(=O)NC(=O)[C@H](Cc3ccccc3)NC(=O)[C@H](C)[C@@H](OC)[C@@H]3CCCN3C(=O)C[C@@H](OC)[C@H](C(C)CC)N(C)C(=O)[C@@H](NC(=O)[C@H](C(C)C)N(C)C)C(C)C)cc2)C(C)C)C1=O. The second-order valence-corrected chi connectivity index (χ2v) is 32.5. The fourth-order valence-electron chi connectivity index (χ4n) is 14.2. The average Bonchev–Trinajstić information content (AvgIpc) is 1.67. The number of nitrogens with one attached hydrogen (secondary N) is 7. The molecule has 2 aromatic carbocycles. The molecule has 32 heteroatoms. The van der Waals surface area contributed by atoms with Crippen molar-refractivity contribution in [1.29, 1.82) is 0 Å². The van der Waals surface area contributed by atoms with Gasteiger partial charge in [-0.2, -0.15) is 12.6 Å². The number of likely N-dealkylation sites (tertiary alicyclic amines) is 2.